The summed E-state index contributed by atoms with van der Waals surface area (Å²) in [6.07, 6.45) is 6.07. The molecule has 0 radical (unpaired) electrons. The number of sulfonamides is 1. The first-order valence-corrected chi connectivity index (χ1v) is 12.6. The van der Waals surface area contributed by atoms with Gasteiger partial charge in [0, 0.05) is 38.4 Å². The lowest BCUT2D eigenvalue weighted by Gasteiger charge is -2.34. The summed E-state index contributed by atoms with van der Waals surface area (Å²) in [6, 6.07) is 14.3. The van der Waals surface area contributed by atoms with Crippen LogP contribution in [0.1, 0.15) is 36.0 Å². The van der Waals surface area contributed by atoms with Crippen LogP contribution in [0.4, 0.5) is 5.69 Å². The molecule has 0 spiro atoms. The Hall–Kier alpha value is -1.89. The number of hydrogen-bond donors (Lipinski definition) is 1. The minimum absolute atomic E-state index is 0.402. The van der Waals surface area contributed by atoms with Gasteiger partial charge in [0.15, 0.2) is 0 Å². The summed E-state index contributed by atoms with van der Waals surface area (Å²) < 4.78 is 28.1. The number of nitrogens with zero attached hydrogens (tertiary/aromatic N) is 2. The van der Waals surface area contributed by atoms with Gasteiger partial charge in [0.1, 0.15) is 0 Å². The van der Waals surface area contributed by atoms with Crippen LogP contribution in [0.25, 0.3) is 0 Å². The number of piperazine rings is 1. The normalized spacial score (nSPS) is 17.7. The minimum atomic E-state index is -3.43. The zero-order chi connectivity index (χ0) is 21.0. The largest absolute Gasteiger partial charge is 0.369 e. The van der Waals surface area contributed by atoms with Crippen LogP contribution in [0.15, 0.2) is 47.4 Å². The second kappa shape index (κ2) is 9.50. The van der Waals surface area contributed by atoms with Crippen molar-refractivity contribution in [2.75, 3.05) is 44.7 Å². The average molecular weight is 428 g/mol. The Morgan fingerprint density at radius 2 is 1.60 bits per heavy atom. The second-order valence-electron chi connectivity index (χ2n) is 8.60. The van der Waals surface area contributed by atoms with E-state index in [1.165, 1.54) is 28.8 Å². The third-order valence-electron chi connectivity index (χ3n) is 6.37. The SMILES string of the molecule is CN1CCN(c2ccc(CCCNS(=O)(=O)c3ccc4c(c3)CCCC4)cc2)CC1. The van der Waals surface area contributed by atoms with Crippen LogP contribution < -0.4 is 9.62 Å². The first kappa shape index (κ1) is 21.3. The lowest BCUT2D eigenvalue weighted by molar-refractivity contribution is 0.313. The number of fused-ring (bicyclic) bond motifs is 1. The topological polar surface area (TPSA) is 52.6 Å². The summed E-state index contributed by atoms with van der Waals surface area (Å²) in [7, 11) is -1.27. The predicted molar refractivity (Wildman–Crippen MR) is 123 cm³/mol. The average Bonchev–Trinajstić information content (AvgIpc) is 2.77. The molecule has 0 unspecified atom stereocenters. The van der Waals surface area contributed by atoms with E-state index >= 15 is 0 Å². The number of rotatable bonds is 7. The van der Waals surface area contributed by atoms with E-state index in [2.05, 4.69) is 45.8 Å². The van der Waals surface area contributed by atoms with Crippen molar-refractivity contribution in [3.8, 4) is 0 Å². The Balaban J connectivity index is 1.26. The monoisotopic (exact) mass is 427 g/mol. The Bertz CT molecular complexity index is 949. The Morgan fingerprint density at radius 1 is 0.900 bits per heavy atom. The first-order valence-electron chi connectivity index (χ1n) is 11.2. The number of nitrogens with one attached hydrogen (secondary N) is 1. The van der Waals surface area contributed by atoms with E-state index < -0.39 is 10.0 Å². The highest BCUT2D eigenvalue weighted by Gasteiger charge is 2.17. The van der Waals surface area contributed by atoms with Gasteiger partial charge in [-0.25, -0.2) is 13.1 Å². The van der Waals surface area contributed by atoms with Gasteiger partial charge in [-0.15, -0.1) is 0 Å². The smallest absolute Gasteiger partial charge is 0.240 e. The molecule has 1 aliphatic carbocycles. The molecule has 0 saturated carbocycles. The summed E-state index contributed by atoms with van der Waals surface area (Å²) in [5.74, 6) is 0. The third-order valence-corrected chi connectivity index (χ3v) is 7.83. The quantitative estimate of drug-likeness (QED) is 0.690. The summed E-state index contributed by atoms with van der Waals surface area (Å²) in [5, 5.41) is 0. The molecule has 0 atom stereocenters. The molecule has 1 heterocycles. The number of likely N-dealkylation sites (N-methyl/N-ethyl adjacent to an activating group) is 1. The van der Waals surface area contributed by atoms with Crippen LogP contribution in [0, 0.1) is 0 Å². The molecule has 2 aromatic rings. The van der Waals surface area contributed by atoms with Crippen LogP contribution in [0.2, 0.25) is 0 Å². The highest BCUT2D eigenvalue weighted by Crippen LogP contribution is 2.24. The van der Waals surface area contributed by atoms with Gasteiger partial charge in [-0.3, -0.25) is 0 Å². The fraction of sp³-hybridized carbons (Fsp3) is 0.500. The van der Waals surface area contributed by atoms with Crippen LogP contribution >= 0.6 is 0 Å². The summed E-state index contributed by atoms with van der Waals surface area (Å²) in [4.78, 5) is 5.19. The lowest BCUT2D eigenvalue weighted by Crippen LogP contribution is -2.44. The molecular formula is C24H33N3O2S. The van der Waals surface area contributed by atoms with Crippen molar-refractivity contribution in [2.24, 2.45) is 0 Å². The number of benzene rings is 2. The molecule has 0 bridgehead atoms. The maximum Gasteiger partial charge on any atom is 0.240 e. The van der Waals surface area contributed by atoms with Gasteiger partial charge in [-0.2, -0.15) is 0 Å². The molecule has 6 heteroatoms. The fourth-order valence-corrected chi connectivity index (χ4v) is 5.52. The molecule has 1 aliphatic heterocycles. The van der Waals surface area contributed by atoms with Crippen molar-refractivity contribution in [3.63, 3.8) is 0 Å². The van der Waals surface area contributed by atoms with Crippen molar-refractivity contribution >= 4 is 15.7 Å². The fourth-order valence-electron chi connectivity index (χ4n) is 4.40. The van der Waals surface area contributed by atoms with Gasteiger partial charge in [0.25, 0.3) is 0 Å². The molecule has 30 heavy (non-hydrogen) atoms. The van der Waals surface area contributed by atoms with Gasteiger partial charge < -0.3 is 9.80 Å². The van der Waals surface area contributed by atoms with E-state index in [9.17, 15) is 8.42 Å². The van der Waals surface area contributed by atoms with Crippen molar-refractivity contribution in [1.82, 2.24) is 9.62 Å². The van der Waals surface area contributed by atoms with Crippen LogP contribution in [0.3, 0.4) is 0 Å². The number of hydrogen-bond acceptors (Lipinski definition) is 4. The summed E-state index contributed by atoms with van der Waals surface area (Å²) in [5.41, 5.74) is 5.03. The van der Waals surface area contributed by atoms with E-state index in [1.807, 2.05) is 12.1 Å². The van der Waals surface area contributed by atoms with Crippen molar-refractivity contribution in [2.45, 2.75) is 43.4 Å². The van der Waals surface area contributed by atoms with Crippen molar-refractivity contribution in [1.29, 1.82) is 0 Å². The minimum Gasteiger partial charge on any atom is -0.369 e. The van der Waals surface area contributed by atoms with E-state index in [1.54, 1.807) is 6.07 Å². The molecule has 1 N–H and O–H groups in total. The van der Waals surface area contributed by atoms with Gasteiger partial charge >= 0.3 is 0 Å². The molecule has 1 fully saturated rings. The Morgan fingerprint density at radius 3 is 2.33 bits per heavy atom. The number of aryl methyl sites for hydroxylation is 3. The van der Waals surface area contributed by atoms with E-state index in [4.69, 9.17) is 0 Å². The zero-order valence-electron chi connectivity index (χ0n) is 17.9. The molecule has 4 rings (SSSR count). The highest BCUT2D eigenvalue weighted by molar-refractivity contribution is 7.89. The van der Waals surface area contributed by atoms with E-state index in [-0.39, 0.29) is 0 Å². The maximum atomic E-state index is 12.7. The van der Waals surface area contributed by atoms with Crippen LogP contribution in [0.5, 0.6) is 0 Å². The molecule has 2 aromatic carbocycles. The first-order chi connectivity index (χ1) is 14.5. The lowest BCUT2D eigenvalue weighted by atomic mass is 9.92. The van der Waals surface area contributed by atoms with Gasteiger partial charge in [-0.05, 0) is 86.5 Å². The van der Waals surface area contributed by atoms with Crippen molar-refractivity contribution < 1.29 is 8.42 Å². The third kappa shape index (κ3) is 5.23. The predicted octanol–water partition coefficient (Wildman–Crippen LogP) is 3.23. The van der Waals surface area contributed by atoms with Crippen molar-refractivity contribution in [3.05, 3.63) is 59.2 Å². The highest BCUT2D eigenvalue weighted by atomic mass is 32.2. The zero-order valence-corrected chi connectivity index (χ0v) is 18.8. The van der Waals surface area contributed by atoms with Crippen LogP contribution in [-0.4, -0.2) is 53.1 Å². The number of anilines is 1. The molecule has 2 aliphatic rings. The molecule has 1 saturated heterocycles. The summed E-state index contributed by atoms with van der Waals surface area (Å²) in [6.45, 7) is 4.80. The van der Waals surface area contributed by atoms with Gasteiger partial charge in [-0.1, -0.05) is 18.2 Å². The maximum absolute atomic E-state index is 12.7. The molecule has 0 aromatic heterocycles. The van der Waals surface area contributed by atoms with E-state index in [0.29, 0.717) is 11.4 Å². The van der Waals surface area contributed by atoms with Gasteiger partial charge in [0.2, 0.25) is 10.0 Å². The molecule has 0 amide bonds. The molecule has 5 nitrogen and oxygen atoms in total. The molecular weight excluding hydrogens is 394 g/mol. The Kier molecular flexibility index (Phi) is 6.76. The molecule has 162 valence electrons. The van der Waals surface area contributed by atoms with Gasteiger partial charge in [0.05, 0.1) is 4.90 Å². The standard InChI is InChI=1S/C24H33N3O2S/c1-26-15-17-27(18-16-26)23-11-8-20(9-12-23)5-4-14-25-30(28,29)24-13-10-21-6-2-3-7-22(21)19-24/h8-13,19,25H,2-7,14-18H2,1H3. The summed E-state index contributed by atoms with van der Waals surface area (Å²) >= 11 is 0. The Labute approximate surface area is 181 Å². The second-order valence-corrected chi connectivity index (χ2v) is 10.4. The van der Waals surface area contributed by atoms with Crippen LogP contribution in [-0.2, 0) is 29.3 Å². The van der Waals surface area contributed by atoms with E-state index in [0.717, 1.165) is 58.3 Å².